The van der Waals surface area contributed by atoms with Crippen LogP contribution >= 0.6 is 0 Å². The predicted octanol–water partition coefficient (Wildman–Crippen LogP) is 2.50. The van der Waals surface area contributed by atoms with Crippen molar-refractivity contribution >= 4 is 5.78 Å². The number of hydrogen-bond donors (Lipinski definition) is 1. The van der Waals surface area contributed by atoms with E-state index in [-0.39, 0.29) is 18.1 Å². The zero-order valence-corrected chi connectivity index (χ0v) is 11.6. The lowest BCUT2D eigenvalue weighted by molar-refractivity contribution is 0.101. The van der Waals surface area contributed by atoms with Gasteiger partial charge in [0.2, 0.25) is 0 Å². The molecule has 0 aliphatic rings. The molecule has 1 rings (SSSR count). The van der Waals surface area contributed by atoms with E-state index in [1.54, 1.807) is 14.2 Å². The van der Waals surface area contributed by atoms with E-state index < -0.39 is 0 Å². The number of benzene rings is 1. The number of Topliss-reactive ketones (excluding diaryl/α,β-unsaturated/α-hetero) is 1. The molecule has 100 valence electrons. The van der Waals surface area contributed by atoms with Crippen LogP contribution in [0.1, 0.15) is 39.5 Å². The largest absolute Gasteiger partial charge is 0.507 e. The highest BCUT2D eigenvalue weighted by atomic mass is 16.5. The van der Waals surface area contributed by atoms with Gasteiger partial charge in [-0.05, 0) is 37.5 Å². The van der Waals surface area contributed by atoms with Crippen LogP contribution in [0.3, 0.4) is 0 Å². The summed E-state index contributed by atoms with van der Waals surface area (Å²) >= 11 is 0. The summed E-state index contributed by atoms with van der Waals surface area (Å²) in [5, 5.41) is 10.2. The van der Waals surface area contributed by atoms with Crippen LogP contribution in [0, 0.1) is 13.8 Å². The summed E-state index contributed by atoms with van der Waals surface area (Å²) in [6.07, 6.45) is 0. The first-order valence-corrected chi connectivity index (χ1v) is 5.78. The molecule has 18 heavy (non-hydrogen) atoms. The molecule has 1 N–H and O–H groups in total. The van der Waals surface area contributed by atoms with Gasteiger partial charge in [0.15, 0.2) is 5.78 Å². The molecule has 0 amide bonds. The minimum absolute atomic E-state index is 0.0270. The lowest BCUT2D eigenvalue weighted by Gasteiger charge is -2.19. The fraction of sp³-hybridized carbons (Fsp3) is 0.500. The van der Waals surface area contributed by atoms with Crippen LogP contribution in [-0.4, -0.2) is 25.1 Å². The molecule has 1 aromatic carbocycles. The minimum Gasteiger partial charge on any atom is -0.507 e. The number of aromatic hydroxyl groups is 1. The summed E-state index contributed by atoms with van der Waals surface area (Å²) in [5.74, 6) is -0.126. The number of hydrogen-bond acceptors (Lipinski definition) is 4. The maximum atomic E-state index is 11.7. The maximum absolute atomic E-state index is 11.7. The van der Waals surface area contributed by atoms with Crippen LogP contribution in [0.15, 0.2) is 0 Å². The van der Waals surface area contributed by atoms with Crippen LogP contribution in [0.5, 0.6) is 5.75 Å². The molecule has 0 atom stereocenters. The Kier molecular flexibility index (Phi) is 4.87. The van der Waals surface area contributed by atoms with Crippen LogP contribution in [0.2, 0.25) is 0 Å². The SMILES string of the molecule is COCc1c(C)c(COC)c(O)c(C(C)=O)c1C. The summed E-state index contributed by atoms with van der Waals surface area (Å²) in [4.78, 5) is 11.7. The van der Waals surface area contributed by atoms with Crippen LogP contribution < -0.4 is 0 Å². The monoisotopic (exact) mass is 252 g/mol. The van der Waals surface area contributed by atoms with Crippen LogP contribution in [-0.2, 0) is 22.7 Å². The van der Waals surface area contributed by atoms with Gasteiger partial charge in [0.05, 0.1) is 18.8 Å². The highest BCUT2D eigenvalue weighted by Gasteiger charge is 2.21. The highest BCUT2D eigenvalue weighted by molar-refractivity contribution is 5.99. The van der Waals surface area contributed by atoms with Crippen molar-refractivity contribution in [2.24, 2.45) is 0 Å². The summed E-state index contributed by atoms with van der Waals surface area (Å²) in [5.41, 5.74) is 3.64. The van der Waals surface area contributed by atoms with E-state index in [4.69, 9.17) is 9.47 Å². The van der Waals surface area contributed by atoms with Crippen molar-refractivity contribution in [1.82, 2.24) is 0 Å². The van der Waals surface area contributed by atoms with Crippen LogP contribution in [0.25, 0.3) is 0 Å². The number of phenolic OH excluding ortho intramolecular Hbond substituents is 1. The number of carbonyl (C=O) groups excluding carboxylic acids is 1. The molecule has 4 heteroatoms. The first kappa shape index (κ1) is 14.7. The quantitative estimate of drug-likeness (QED) is 0.818. The van der Waals surface area contributed by atoms with Crippen molar-refractivity contribution < 1.29 is 19.4 Å². The van der Waals surface area contributed by atoms with Crippen molar-refractivity contribution in [3.63, 3.8) is 0 Å². The molecular formula is C14H20O4. The van der Waals surface area contributed by atoms with Gasteiger partial charge in [0.25, 0.3) is 0 Å². The summed E-state index contributed by atoms with van der Waals surface area (Å²) in [6.45, 7) is 5.86. The van der Waals surface area contributed by atoms with Crippen molar-refractivity contribution in [2.75, 3.05) is 14.2 Å². The Labute approximate surface area is 108 Å². The maximum Gasteiger partial charge on any atom is 0.163 e. The minimum atomic E-state index is -0.153. The van der Waals surface area contributed by atoms with Gasteiger partial charge in [-0.25, -0.2) is 0 Å². The van der Waals surface area contributed by atoms with Crippen molar-refractivity contribution in [1.29, 1.82) is 0 Å². The number of phenols is 1. The molecule has 0 aliphatic heterocycles. The molecule has 0 heterocycles. The van der Waals surface area contributed by atoms with Crippen molar-refractivity contribution in [2.45, 2.75) is 34.0 Å². The van der Waals surface area contributed by atoms with Gasteiger partial charge >= 0.3 is 0 Å². The third-order valence-corrected chi connectivity index (χ3v) is 3.19. The van der Waals surface area contributed by atoms with E-state index in [2.05, 4.69) is 0 Å². The molecule has 0 unspecified atom stereocenters. The zero-order valence-electron chi connectivity index (χ0n) is 11.6. The van der Waals surface area contributed by atoms with E-state index in [0.717, 1.165) is 16.7 Å². The Morgan fingerprint density at radius 3 is 2.00 bits per heavy atom. The van der Waals surface area contributed by atoms with E-state index in [0.29, 0.717) is 17.7 Å². The first-order valence-electron chi connectivity index (χ1n) is 5.78. The van der Waals surface area contributed by atoms with E-state index in [1.165, 1.54) is 6.92 Å². The van der Waals surface area contributed by atoms with Gasteiger partial charge < -0.3 is 14.6 Å². The number of carbonyl (C=O) groups is 1. The van der Waals surface area contributed by atoms with Gasteiger partial charge in [-0.3, -0.25) is 4.79 Å². The molecule has 0 aliphatic carbocycles. The second-order valence-electron chi connectivity index (χ2n) is 4.35. The average Bonchev–Trinajstić information content (AvgIpc) is 2.30. The Morgan fingerprint density at radius 2 is 1.56 bits per heavy atom. The zero-order chi connectivity index (χ0) is 13.9. The topological polar surface area (TPSA) is 55.8 Å². The standard InChI is InChI=1S/C14H20O4/c1-8-11(6-17-4)9(2)13(10(3)15)14(16)12(8)7-18-5/h16H,6-7H2,1-5H3. The Hall–Kier alpha value is -1.39. The third kappa shape index (κ3) is 2.54. The molecule has 0 fully saturated rings. The smallest absolute Gasteiger partial charge is 0.163 e. The lowest BCUT2D eigenvalue weighted by Crippen LogP contribution is -2.09. The number of rotatable bonds is 5. The normalized spacial score (nSPS) is 10.7. The van der Waals surface area contributed by atoms with Gasteiger partial charge in [0, 0.05) is 19.8 Å². The van der Waals surface area contributed by atoms with Gasteiger partial charge in [-0.15, -0.1) is 0 Å². The van der Waals surface area contributed by atoms with E-state index >= 15 is 0 Å². The molecule has 1 aromatic rings. The molecule has 0 spiro atoms. The van der Waals surface area contributed by atoms with Gasteiger partial charge in [0.1, 0.15) is 5.75 Å². The van der Waals surface area contributed by atoms with Crippen LogP contribution in [0.4, 0.5) is 0 Å². The average molecular weight is 252 g/mol. The number of ether oxygens (including phenoxy) is 2. The first-order chi connectivity index (χ1) is 8.45. The molecule has 0 bridgehead atoms. The van der Waals surface area contributed by atoms with Gasteiger partial charge in [-0.2, -0.15) is 0 Å². The Balaban J connectivity index is 3.58. The highest BCUT2D eigenvalue weighted by Crippen LogP contribution is 2.34. The summed E-state index contributed by atoms with van der Waals surface area (Å²) in [6, 6.07) is 0. The molecular weight excluding hydrogens is 232 g/mol. The molecule has 0 aromatic heterocycles. The second-order valence-corrected chi connectivity index (χ2v) is 4.35. The Bertz CT molecular complexity index is 430. The third-order valence-electron chi connectivity index (χ3n) is 3.19. The predicted molar refractivity (Wildman–Crippen MR) is 69.0 cm³/mol. The summed E-state index contributed by atoms with van der Waals surface area (Å²) in [7, 11) is 3.16. The number of methoxy groups -OCH3 is 2. The van der Waals surface area contributed by atoms with Crippen molar-refractivity contribution in [3.8, 4) is 5.75 Å². The molecule has 4 nitrogen and oxygen atoms in total. The summed E-state index contributed by atoms with van der Waals surface area (Å²) < 4.78 is 10.2. The van der Waals surface area contributed by atoms with E-state index in [9.17, 15) is 9.90 Å². The van der Waals surface area contributed by atoms with Crippen molar-refractivity contribution in [3.05, 3.63) is 27.8 Å². The number of ketones is 1. The van der Waals surface area contributed by atoms with E-state index in [1.807, 2.05) is 13.8 Å². The Morgan fingerprint density at radius 1 is 1.06 bits per heavy atom. The molecule has 0 saturated heterocycles. The fourth-order valence-electron chi connectivity index (χ4n) is 2.23. The molecule has 0 radical (unpaired) electrons. The molecule has 0 saturated carbocycles. The second kappa shape index (κ2) is 5.98. The lowest BCUT2D eigenvalue weighted by atomic mass is 9.90. The van der Waals surface area contributed by atoms with Gasteiger partial charge in [-0.1, -0.05) is 0 Å². The fourth-order valence-corrected chi connectivity index (χ4v) is 2.23.